The van der Waals surface area contributed by atoms with Gasteiger partial charge in [0.05, 0.1) is 29.9 Å². The molecule has 1 aliphatic rings. The SMILES string of the molecule is CC.CC.Cn1nnn(-c2cc(OC3COC3)cc([N+](=O)[O-])c2)c1=O. The van der Waals surface area contributed by atoms with Crippen molar-refractivity contribution in [3.63, 3.8) is 0 Å². The number of aromatic nitrogens is 4. The molecule has 0 amide bonds. The third-order valence-corrected chi connectivity index (χ3v) is 2.96. The Bertz CT molecular complexity index is 751. The Morgan fingerprint density at radius 3 is 2.28 bits per heavy atom. The second-order valence-electron chi connectivity index (χ2n) is 4.52. The summed E-state index contributed by atoms with van der Waals surface area (Å²) in [5.74, 6) is 0.282. The van der Waals surface area contributed by atoms with Crippen LogP contribution in [0.25, 0.3) is 5.69 Å². The highest BCUT2D eigenvalue weighted by Gasteiger charge is 2.22. The lowest BCUT2D eigenvalue weighted by Crippen LogP contribution is -2.38. The maximum absolute atomic E-state index is 11.8. The molecule has 1 aromatic carbocycles. The molecule has 0 aliphatic carbocycles. The molecule has 1 fully saturated rings. The first-order valence-corrected chi connectivity index (χ1v) is 8.08. The fourth-order valence-corrected chi connectivity index (χ4v) is 1.81. The summed E-state index contributed by atoms with van der Waals surface area (Å²) < 4.78 is 12.5. The molecule has 0 unspecified atom stereocenters. The third kappa shape index (κ3) is 4.86. The second kappa shape index (κ2) is 9.52. The van der Waals surface area contributed by atoms with E-state index in [0.29, 0.717) is 13.2 Å². The molecule has 0 saturated carbocycles. The number of benzene rings is 1. The van der Waals surface area contributed by atoms with Gasteiger partial charge in [0.25, 0.3) is 5.69 Å². The van der Waals surface area contributed by atoms with Crippen LogP contribution >= 0.6 is 0 Å². The monoisotopic (exact) mass is 353 g/mol. The summed E-state index contributed by atoms with van der Waals surface area (Å²) in [4.78, 5) is 22.3. The average Bonchev–Trinajstić information content (AvgIpc) is 2.94. The van der Waals surface area contributed by atoms with Gasteiger partial charge < -0.3 is 9.47 Å². The summed E-state index contributed by atoms with van der Waals surface area (Å²) in [7, 11) is 1.44. The van der Waals surface area contributed by atoms with Gasteiger partial charge in [-0.3, -0.25) is 10.1 Å². The van der Waals surface area contributed by atoms with Gasteiger partial charge in [-0.1, -0.05) is 27.7 Å². The predicted octanol–water partition coefficient (Wildman–Crippen LogP) is 1.70. The number of nitrogens with zero attached hydrogens (tertiary/aromatic N) is 5. The van der Waals surface area contributed by atoms with Crippen LogP contribution < -0.4 is 10.4 Å². The van der Waals surface area contributed by atoms with Crippen molar-refractivity contribution in [3.8, 4) is 11.4 Å². The standard InChI is InChI=1S/C11H11N5O5.2C2H6/c1-14-11(17)15(13-12-14)7-2-8(16(18)19)4-9(3-7)21-10-5-20-6-10;2*1-2/h2-4,10H,5-6H2,1H3;2*1-2H3. The molecule has 1 saturated heterocycles. The summed E-state index contributed by atoms with van der Waals surface area (Å²) in [6.07, 6.45) is -0.140. The molecular weight excluding hydrogens is 330 g/mol. The van der Waals surface area contributed by atoms with Crippen molar-refractivity contribution in [2.24, 2.45) is 7.05 Å². The lowest BCUT2D eigenvalue weighted by atomic mass is 10.2. The molecule has 0 N–H and O–H groups in total. The van der Waals surface area contributed by atoms with Crippen molar-refractivity contribution in [3.05, 3.63) is 38.8 Å². The molecular formula is C15H23N5O5. The summed E-state index contributed by atoms with van der Waals surface area (Å²) in [6, 6.07) is 4.03. The van der Waals surface area contributed by atoms with Crippen LogP contribution in [0.15, 0.2) is 23.0 Å². The van der Waals surface area contributed by atoms with Gasteiger partial charge in [-0.15, -0.1) is 0 Å². The van der Waals surface area contributed by atoms with Gasteiger partial charge in [0.2, 0.25) is 0 Å². The Kier molecular flexibility index (Phi) is 7.73. The molecule has 3 rings (SSSR count). The van der Waals surface area contributed by atoms with Crippen molar-refractivity contribution >= 4 is 5.69 Å². The molecule has 0 radical (unpaired) electrons. The van der Waals surface area contributed by atoms with E-state index in [1.54, 1.807) is 0 Å². The van der Waals surface area contributed by atoms with Gasteiger partial charge in [0, 0.05) is 19.2 Å². The Hall–Kier alpha value is -2.75. The van der Waals surface area contributed by atoms with Crippen molar-refractivity contribution in [2.75, 3.05) is 13.2 Å². The van der Waals surface area contributed by atoms with Gasteiger partial charge in [-0.25, -0.2) is 4.79 Å². The highest BCUT2D eigenvalue weighted by molar-refractivity contribution is 5.49. The minimum absolute atomic E-state index is 0.140. The minimum atomic E-state index is -0.560. The largest absolute Gasteiger partial charge is 0.485 e. The molecule has 10 nitrogen and oxygen atoms in total. The normalized spacial score (nSPS) is 12.8. The van der Waals surface area contributed by atoms with Crippen LogP contribution in [0.1, 0.15) is 27.7 Å². The minimum Gasteiger partial charge on any atom is -0.485 e. The van der Waals surface area contributed by atoms with E-state index in [-0.39, 0.29) is 23.2 Å². The van der Waals surface area contributed by atoms with Gasteiger partial charge in [-0.2, -0.15) is 9.36 Å². The fourth-order valence-electron chi connectivity index (χ4n) is 1.81. The van der Waals surface area contributed by atoms with Crippen molar-refractivity contribution in [2.45, 2.75) is 33.8 Å². The maximum atomic E-state index is 11.8. The molecule has 0 spiro atoms. The molecule has 1 aromatic heterocycles. The van der Waals surface area contributed by atoms with Crippen LogP contribution in [-0.4, -0.2) is 44.0 Å². The molecule has 2 heterocycles. The predicted molar refractivity (Wildman–Crippen MR) is 91.2 cm³/mol. The summed E-state index contributed by atoms with van der Waals surface area (Å²) in [5, 5.41) is 18.2. The number of rotatable bonds is 4. The van der Waals surface area contributed by atoms with Crippen LogP contribution in [0.5, 0.6) is 5.75 Å². The Morgan fingerprint density at radius 1 is 1.20 bits per heavy atom. The number of hydrogen-bond acceptors (Lipinski definition) is 7. The summed E-state index contributed by atoms with van der Waals surface area (Å²) in [6.45, 7) is 8.87. The van der Waals surface area contributed by atoms with E-state index in [4.69, 9.17) is 9.47 Å². The molecule has 25 heavy (non-hydrogen) atoms. The molecule has 2 aromatic rings. The molecule has 0 atom stereocenters. The van der Waals surface area contributed by atoms with Gasteiger partial charge in [0.1, 0.15) is 11.9 Å². The molecule has 10 heteroatoms. The van der Waals surface area contributed by atoms with Gasteiger partial charge in [0.15, 0.2) is 0 Å². The molecule has 0 bridgehead atoms. The first kappa shape index (κ1) is 20.3. The number of hydrogen-bond donors (Lipinski definition) is 0. The van der Waals surface area contributed by atoms with Crippen LogP contribution in [-0.2, 0) is 11.8 Å². The van der Waals surface area contributed by atoms with Crippen LogP contribution in [0.4, 0.5) is 5.69 Å². The number of tetrazole rings is 1. The number of aryl methyl sites for hydroxylation is 1. The van der Waals surface area contributed by atoms with Crippen molar-refractivity contribution in [1.29, 1.82) is 0 Å². The van der Waals surface area contributed by atoms with Gasteiger partial charge >= 0.3 is 5.69 Å². The van der Waals surface area contributed by atoms with Crippen LogP contribution in [0.3, 0.4) is 0 Å². The van der Waals surface area contributed by atoms with E-state index >= 15 is 0 Å². The van der Waals surface area contributed by atoms with Crippen molar-refractivity contribution < 1.29 is 14.4 Å². The number of nitro groups is 1. The van der Waals surface area contributed by atoms with Gasteiger partial charge in [-0.05, 0) is 10.4 Å². The van der Waals surface area contributed by atoms with Crippen LogP contribution in [0, 0.1) is 10.1 Å². The van der Waals surface area contributed by atoms with E-state index in [1.807, 2.05) is 27.7 Å². The Balaban J connectivity index is 0.000000730. The van der Waals surface area contributed by atoms with Crippen LogP contribution in [0.2, 0.25) is 0 Å². The van der Waals surface area contributed by atoms with Crippen molar-refractivity contribution in [1.82, 2.24) is 19.8 Å². The van der Waals surface area contributed by atoms with E-state index < -0.39 is 10.6 Å². The highest BCUT2D eigenvalue weighted by atomic mass is 16.6. The summed E-state index contributed by atoms with van der Waals surface area (Å²) in [5.41, 5.74) is -0.480. The zero-order valence-corrected chi connectivity index (χ0v) is 15.0. The zero-order valence-electron chi connectivity index (χ0n) is 15.0. The van der Waals surface area contributed by atoms with E-state index in [2.05, 4.69) is 10.4 Å². The first-order valence-electron chi connectivity index (χ1n) is 8.08. The van der Waals surface area contributed by atoms with E-state index in [0.717, 1.165) is 9.36 Å². The summed E-state index contributed by atoms with van der Waals surface area (Å²) >= 11 is 0. The number of ether oxygens (including phenoxy) is 2. The quantitative estimate of drug-likeness (QED) is 0.607. The topological polar surface area (TPSA) is 114 Å². The highest BCUT2D eigenvalue weighted by Crippen LogP contribution is 2.26. The lowest BCUT2D eigenvalue weighted by Gasteiger charge is -2.26. The zero-order chi connectivity index (χ0) is 19.0. The van der Waals surface area contributed by atoms with E-state index in [9.17, 15) is 14.9 Å². The smallest absolute Gasteiger partial charge is 0.368 e. The maximum Gasteiger partial charge on any atom is 0.368 e. The molecule has 138 valence electrons. The number of non-ortho nitro benzene ring substituents is 1. The Morgan fingerprint density at radius 2 is 1.84 bits per heavy atom. The third-order valence-electron chi connectivity index (χ3n) is 2.96. The Labute approximate surface area is 145 Å². The number of nitro benzene ring substituents is 1. The fraction of sp³-hybridized carbons (Fsp3) is 0.533. The molecule has 1 aliphatic heterocycles. The average molecular weight is 353 g/mol. The lowest BCUT2D eigenvalue weighted by molar-refractivity contribution is -0.384. The first-order chi connectivity index (χ1) is 12.0. The van der Waals surface area contributed by atoms with E-state index in [1.165, 1.54) is 25.2 Å². The second-order valence-corrected chi connectivity index (χ2v) is 4.52.